The van der Waals surface area contributed by atoms with Crippen molar-refractivity contribution in [1.82, 2.24) is 5.43 Å². The number of hydrogen-bond acceptors (Lipinski definition) is 3. The predicted octanol–water partition coefficient (Wildman–Crippen LogP) is 2.49. The second kappa shape index (κ2) is 4.85. The standard InChI is InChI=1S/C13H20N2O/c1-9(2)10-5-6-13-11(8-10)12(15-14)4-3-7-16-13/h5-6,8-9,12,15H,3-4,7,14H2,1-2H3. The number of fused-ring (bicyclic) bond motifs is 1. The normalized spacial score (nSPS) is 20.1. The minimum absolute atomic E-state index is 0.219. The first-order valence-corrected chi connectivity index (χ1v) is 5.95. The lowest BCUT2D eigenvalue weighted by atomic mass is 9.96. The van der Waals surface area contributed by atoms with Crippen molar-refractivity contribution in [3.63, 3.8) is 0 Å². The highest BCUT2D eigenvalue weighted by molar-refractivity contribution is 5.41. The molecule has 3 heteroatoms. The van der Waals surface area contributed by atoms with Crippen LogP contribution in [0.25, 0.3) is 0 Å². The molecule has 88 valence electrons. The minimum atomic E-state index is 0.219. The lowest BCUT2D eigenvalue weighted by molar-refractivity contribution is 0.315. The summed E-state index contributed by atoms with van der Waals surface area (Å²) < 4.78 is 5.72. The first-order valence-electron chi connectivity index (χ1n) is 5.95. The minimum Gasteiger partial charge on any atom is -0.493 e. The first kappa shape index (κ1) is 11.4. The zero-order chi connectivity index (χ0) is 11.5. The molecular formula is C13H20N2O. The van der Waals surface area contributed by atoms with Crippen molar-refractivity contribution in [3.8, 4) is 5.75 Å². The quantitative estimate of drug-likeness (QED) is 0.594. The van der Waals surface area contributed by atoms with Gasteiger partial charge in [0, 0.05) is 11.6 Å². The molecule has 3 nitrogen and oxygen atoms in total. The Balaban J connectivity index is 2.39. The summed E-state index contributed by atoms with van der Waals surface area (Å²) in [6, 6.07) is 6.65. The molecule has 1 heterocycles. The van der Waals surface area contributed by atoms with E-state index in [4.69, 9.17) is 10.6 Å². The second-order valence-corrected chi connectivity index (χ2v) is 4.66. The molecule has 0 saturated heterocycles. The molecule has 0 bridgehead atoms. The lowest BCUT2D eigenvalue weighted by Crippen LogP contribution is -2.27. The van der Waals surface area contributed by atoms with Crippen molar-refractivity contribution in [2.75, 3.05) is 6.61 Å². The van der Waals surface area contributed by atoms with E-state index in [9.17, 15) is 0 Å². The third-order valence-corrected chi connectivity index (χ3v) is 3.17. The topological polar surface area (TPSA) is 47.3 Å². The van der Waals surface area contributed by atoms with Crippen LogP contribution in [0.2, 0.25) is 0 Å². The summed E-state index contributed by atoms with van der Waals surface area (Å²) in [7, 11) is 0. The summed E-state index contributed by atoms with van der Waals surface area (Å²) in [5.41, 5.74) is 5.42. The van der Waals surface area contributed by atoms with Gasteiger partial charge in [0.15, 0.2) is 0 Å². The van der Waals surface area contributed by atoms with Gasteiger partial charge in [0.05, 0.1) is 6.61 Å². The fourth-order valence-electron chi connectivity index (χ4n) is 2.13. The zero-order valence-corrected chi connectivity index (χ0v) is 9.99. The molecule has 0 aliphatic carbocycles. The van der Waals surface area contributed by atoms with Crippen molar-refractivity contribution in [2.45, 2.75) is 38.6 Å². The van der Waals surface area contributed by atoms with Gasteiger partial charge in [-0.2, -0.15) is 0 Å². The number of nitrogens with one attached hydrogen (secondary N) is 1. The van der Waals surface area contributed by atoms with E-state index in [2.05, 4.69) is 37.5 Å². The summed E-state index contributed by atoms with van der Waals surface area (Å²) in [6.45, 7) is 5.18. The van der Waals surface area contributed by atoms with Gasteiger partial charge >= 0.3 is 0 Å². The largest absolute Gasteiger partial charge is 0.493 e. The van der Waals surface area contributed by atoms with Crippen LogP contribution in [0, 0.1) is 0 Å². The fraction of sp³-hybridized carbons (Fsp3) is 0.538. The van der Waals surface area contributed by atoms with Gasteiger partial charge in [-0.25, -0.2) is 0 Å². The highest BCUT2D eigenvalue weighted by Crippen LogP contribution is 2.33. The second-order valence-electron chi connectivity index (χ2n) is 4.66. The third kappa shape index (κ3) is 2.20. The van der Waals surface area contributed by atoms with E-state index in [0.29, 0.717) is 5.92 Å². The van der Waals surface area contributed by atoms with Crippen LogP contribution >= 0.6 is 0 Å². The summed E-state index contributed by atoms with van der Waals surface area (Å²) in [4.78, 5) is 0. The average Bonchev–Trinajstić information content (AvgIpc) is 2.49. The number of hydrogen-bond donors (Lipinski definition) is 2. The molecule has 2 rings (SSSR count). The molecular weight excluding hydrogens is 200 g/mol. The van der Waals surface area contributed by atoms with E-state index in [1.807, 2.05) is 0 Å². The van der Waals surface area contributed by atoms with Crippen LogP contribution in [-0.4, -0.2) is 6.61 Å². The van der Waals surface area contributed by atoms with E-state index in [1.54, 1.807) is 0 Å². The van der Waals surface area contributed by atoms with E-state index in [1.165, 1.54) is 11.1 Å². The zero-order valence-electron chi connectivity index (χ0n) is 9.99. The smallest absolute Gasteiger partial charge is 0.124 e. The van der Waals surface area contributed by atoms with Crippen LogP contribution in [0.3, 0.4) is 0 Å². The summed E-state index contributed by atoms with van der Waals surface area (Å²) in [5, 5.41) is 0. The molecule has 0 amide bonds. The summed E-state index contributed by atoms with van der Waals surface area (Å²) >= 11 is 0. The summed E-state index contributed by atoms with van der Waals surface area (Å²) in [6.07, 6.45) is 2.08. The van der Waals surface area contributed by atoms with Gasteiger partial charge < -0.3 is 4.74 Å². The Bertz CT molecular complexity index is 363. The van der Waals surface area contributed by atoms with Crippen molar-refractivity contribution in [2.24, 2.45) is 5.84 Å². The van der Waals surface area contributed by atoms with Crippen molar-refractivity contribution in [1.29, 1.82) is 0 Å². The maximum Gasteiger partial charge on any atom is 0.124 e. The molecule has 0 spiro atoms. The molecule has 0 fully saturated rings. The van der Waals surface area contributed by atoms with Gasteiger partial charge in [-0.3, -0.25) is 11.3 Å². The van der Waals surface area contributed by atoms with Crippen molar-refractivity contribution < 1.29 is 4.74 Å². The van der Waals surface area contributed by atoms with Gasteiger partial charge in [-0.1, -0.05) is 26.0 Å². The Morgan fingerprint density at radius 3 is 2.94 bits per heavy atom. The van der Waals surface area contributed by atoms with E-state index in [-0.39, 0.29) is 6.04 Å². The molecule has 16 heavy (non-hydrogen) atoms. The molecule has 3 N–H and O–H groups in total. The van der Waals surface area contributed by atoms with Gasteiger partial charge in [0.1, 0.15) is 5.75 Å². The van der Waals surface area contributed by atoms with Gasteiger partial charge in [0.2, 0.25) is 0 Å². The van der Waals surface area contributed by atoms with E-state index in [0.717, 1.165) is 25.2 Å². The molecule has 1 aromatic rings. The van der Waals surface area contributed by atoms with Gasteiger partial charge in [-0.05, 0) is 30.4 Å². The van der Waals surface area contributed by atoms with Crippen molar-refractivity contribution >= 4 is 0 Å². The molecule has 0 aromatic heterocycles. The number of rotatable bonds is 2. The van der Waals surface area contributed by atoms with Crippen LogP contribution in [0.5, 0.6) is 5.75 Å². The average molecular weight is 220 g/mol. The predicted molar refractivity (Wildman–Crippen MR) is 65.3 cm³/mol. The monoisotopic (exact) mass is 220 g/mol. The lowest BCUT2D eigenvalue weighted by Gasteiger charge is -2.17. The number of ether oxygens (including phenoxy) is 1. The molecule has 1 aliphatic rings. The van der Waals surface area contributed by atoms with Crippen LogP contribution in [0.4, 0.5) is 0 Å². The maximum absolute atomic E-state index is 5.72. The molecule has 1 atom stereocenters. The molecule has 0 radical (unpaired) electrons. The molecule has 1 unspecified atom stereocenters. The Morgan fingerprint density at radius 2 is 2.25 bits per heavy atom. The number of nitrogens with two attached hydrogens (primary N) is 1. The van der Waals surface area contributed by atoms with Crippen LogP contribution in [0.15, 0.2) is 18.2 Å². The molecule has 0 saturated carbocycles. The SMILES string of the molecule is CC(C)c1ccc2c(c1)C(NN)CCCO2. The highest BCUT2D eigenvalue weighted by atomic mass is 16.5. The Morgan fingerprint density at radius 1 is 1.44 bits per heavy atom. The van der Waals surface area contributed by atoms with Gasteiger partial charge in [-0.15, -0.1) is 0 Å². The fourth-order valence-corrected chi connectivity index (χ4v) is 2.13. The van der Waals surface area contributed by atoms with E-state index >= 15 is 0 Å². The maximum atomic E-state index is 5.72. The van der Waals surface area contributed by atoms with Crippen LogP contribution < -0.4 is 16.0 Å². The van der Waals surface area contributed by atoms with E-state index < -0.39 is 0 Å². The Hall–Kier alpha value is -1.06. The molecule has 1 aromatic carbocycles. The highest BCUT2D eigenvalue weighted by Gasteiger charge is 2.19. The third-order valence-electron chi connectivity index (χ3n) is 3.17. The van der Waals surface area contributed by atoms with Gasteiger partial charge in [0.25, 0.3) is 0 Å². The number of hydrazine groups is 1. The Labute approximate surface area is 97.0 Å². The van der Waals surface area contributed by atoms with Crippen LogP contribution in [-0.2, 0) is 0 Å². The number of benzene rings is 1. The Kier molecular flexibility index (Phi) is 3.46. The molecule has 1 aliphatic heterocycles. The summed E-state index contributed by atoms with van der Waals surface area (Å²) in [5.74, 6) is 7.12. The van der Waals surface area contributed by atoms with Crippen molar-refractivity contribution in [3.05, 3.63) is 29.3 Å². The first-order chi connectivity index (χ1) is 7.72. The van der Waals surface area contributed by atoms with Crippen LogP contribution in [0.1, 0.15) is 49.8 Å².